The molecule has 1 N–H and O–H groups in total. The quantitative estimate of drug-likeness (QED) is 0.159. The van der Waals surface area contributed by atoms with Crippen LogP contribution in [0.2, 0.25) is 10.0 Å². The number of carbonyl (C=O) groups is 2. The van der Waals surface area contributed by atoms with Gasteiger partial charge in [-0.1, -0.05) is 84.7 Å². The zero-order chi connectivity index (χ0) is 33.3. The first-order chi connectivity index (χ1) is 22.0. The van der Waals surface area contributed by atoms with Gasteiger partial charge < -0.3 is 15.0 Å². The smallest absolute Gasteiger partial charge is 0.264 e. The first-order valence-electron chi connectivity index (χ1n) is 14.8. The molecule has 11 heteroatoms. The maximum atomic E-state index is 14.5. The number of anilines is 1. The molecule has 8 nitrogen and oxygen atoms in total. The molecule has 0 aliphatic carbocycles. The van der Waals surface area contributed by atoms with Gasteiger partial charge in [-0.15, -0.1) is 0 Å². The Bertz CT molecular complexity index is 1740. The van der Waals surface area contributed by atoms with Crippen LogP contribution in [-0.4, -0.2) is 50.9 Å². The Morgan fingerprint density at radius 3 is 2.20 bits per heavy atom. The van der Waals surface area contributed by atoms with Crippen molar-refractivity contribution >= 4 is 50.7 Å². The number of hydrogen-bond acceptors (Lipinski definition) is 5. The fourth-order valence-electron chi connectivity index (χ4n) is 4.84. The second kappa shape index (κ2) is 16.0. The van der Waals surface area contributed by atoms with Gasteiger partial charge in [-0.3, -0.25) is 13.9 Å². The third-order valence-corrected chi connectivity index (χ3v) is 9.99. The van der Waals surface area contributed by atoms with Crippen LogP contribution >= 0.6 is 23.2 Å². The predicted molar refractivity (Wildman–Crippen MR) is 183 cm³/mol. The van der Waals surface area contributed by atoms with Crippen molar-refractivity contribution in [2.24, 2.45) is 0 Å². The van der Waals surface area contributed by atoms with Crippen LogP contribution in [0.25, 0.3) is 0 Å². The molecule has 0 saturated carbocycles. The lowest BCUT2D eigenvalue weighted by atomic mass is 10.0. The van der Waals surface area contributed by atoms with E-state index >= 15 is 0 Å². The molecule has 2 amide bonds. The maximum absolute atomic E-state index is 14.5. The number of hydrogen-bond donors (Lipinski definition) is 1. The van der Waals surface area contributed by atoms with Gasteiger partial charge in [0.1, 0.15) is 18.3 Å². The molecule has 0 aliphatic rings. The molecule has 4 aromatic carbocycles. The summed E-state index contributed by atoms with van der Waals surface area (Å²) in [7, 11) is -2.80. The van der Waals surface area contributed by atoms with Crippen LogP contribution in [0.15, 0.2) is 108 Å². The summed E-state index contributed by atoms with van der Waals surface area (Å²) < 4.78 is 34.5. The van der Waals surface area contributed by atoms with Crippen molar-refractivity contribution in [3.63, 3.8) is 0 Å². The number of ether oxygens (including phenoxy) is 1. The SMILES string of the molecule is CC[C@@H](C)NC(=O)[C@H](Cc1ccccc1)N(Cc1ccccc1Cl)C(=O)CN(c1cccc(Cl)c1)S(=O)(=O)c1ccc(OC)cc1. The number of nitrogens with one attached hydrogen (secondary N) is 1. The van der Waals surface area contributed by atoms with Crippen LogP contribution in [0.1, 0.15) is 31.4 Å². The highest BCUT2D eigenvalue weighted by Gasteiger charge is 2.35. The van der Waals surface area contributed by atoms with E-state index in [0.29, 0.717) is 27.8 Å². The Kier molecular flexibility index (Phi) is 12.1. The molecule has 0 bridgehead atoms. The molecular weight excluding hydrogens is 645 g/mol. The topological polar surface area (TPSA) is 96.0 Å². The van der Waals surface area contributed by atoms with E-state index in [4.69, 9.17) is 27.9 Å². The molecule has 0 aliphatic heterocycles. The van der Waals surface area contributed by atoms with Crippen molar-refractivity contribution in [3.8, 4) is 5.75 Å². The summed E-state index contributed by atoms with van der Waals surface area (Å²) in [6.07, 6.45) is 0.882. The van der Waals surface area contributed by atoms with Gasteiger partial charge in [0.2, 0.25) is 11.8 Å². The molecule has 242 valence electrons. The van der Waals surface area contributed by atoms with Gasteiger partial charge in [-0.25, -0.2) is 8.42 Å². The Hall–Kier alpha value is -4.05. The van der Waals surface area contributed by atoms with Crippen LogP contribution in [0.5, 0.6) is 5.75 Å². The lowest BCUT2D eigenvalue weighted by molar-refractivity contribution is -0.140. The van der Waals surface area contributed by atoms with E-state index in [1.165, 1.54) is 42.3 Å². The molecule has 0 saturated heterocycles. The van der Waals surface area contributed by atoms with Gasteiger partial charge in [-0.2, -0.15) is 0 Å². The first kappa shape index (κ1) is 34.8. The van der Waals surface area contributed by atoms with E-state index in [9.17, 15) is 18.0 Å². The Morgan fingerprint density at radius 1 is 0.891 bits per heavy atom. The van der Waals surface area contributed by atoms with Crippen molar-refractivity contribution in [1.82, 2.24) is 10.2 Å². The minimum Gasteiger partial charge on any atom is -0.497 e. The van der Waals surface area contributed by atoms with E-state index < -0.39 is 28.5 Å². The van der Waals surface area contributed by atoms with Gasteiger partial charge in [-0.05, 0) is 73.0 Å². The van der Waals surface area contributed by atoms with E-state index in [1.54, 1.807) is 42.5 Å². The molecule has 0 fully saturated rings. The van der Waals surface area contributed by atoms with Crippen LogP contribution in [-0.2, 0) is 32.6 Å². The Balaban J connectivity index is 1.82. The minimum atomic E-state index is -4.29. The Labute approximate surface area is 280 Å². The van der Waals surface area contributed by atoms with Crippen molar-refractivity contribution in [2.75, 3.05) is 18.0 Å². The first-order valence-corrected chi connectivity index (χ1v) is 17.0. The summed E-state index contributed by atoms with van der Waals surface area (Å²) in [4.78, 5) is 29.8. The molecular formula is C35H37Cl2N3O5S. The molecule has 0 unspecified atom stereocenters. The van der Waals surface area contributed by atoms with Gasteiger partial charge in [0.15, 0.2) is 0 Å². The summed E-state index contributed by atoms with van der Waals surface area (Å²) in [5.74, 6) is -0.477. The van der Waals surface area contributed by atoms with Crippen molar-refractivity contribution in [2.45, 2.75) is 50.2 Å². The average molecular weight is 683 g/mol. The van der Waals surface area contributed by atoms with E-state index in [1.807, 2.05) is 44.2 Å². The fraction of sp³-hybridized carbons (Fsp3) is 0.257. The summed E-state index contributed by atoms with van der Waals surface area (Å²) in [6.45, 7) is 3.20. The highest BCUT2D eigenvalue weighted by Crippen LogP contribution is 2.28. The monoisotopic (exact) mass is 681 g/mol. The average Bonchev–Trinajstić information content (AvgIpc) is 3.06. The van der Waals surface area contributed by atoms with Crippen LogP contribution in [0, 0.1) is 0 Å². The number of methoxy groups -OCH3 is 1. The van der Waals surface area contributed by atoms with E-state index in [-0.39, 0.29) is 35.5 Å². The zero-order valence-corrected chi connectivity index (χ0v) is 28.2. The highest BCUT2D eigenvalue weighted by molar-refractivity contribution is 7.92. The van der Waals surface area contributed by atoms with Gasteiger partial charge >= 0.3 is 0 Å². The number of amides is 2. The van der Waals surface area contributed by atoms with Crippen molar-refractivity contribution < 1.29 is 22.7 Å². The van der Waals surface area contributed by atoms with E-state index in [0.717, 1.165) is 9.87 Å². The van der Waals surface area contributed by atoms with Crippen LogP contribution in [0.3, 0.4) is 0 Å². The lowest BCUT2D eigenvalue weighted by Gasteiger charge is -2.34. The second-order valence-electron chi connectivity index (χ2n) is 10.8. The molecule has 0 spiro atoms. The summed E-state index contributed by atoms with van der Waals surface area (Å²) in [5.41, 5.74) is 1.64. The fourth-order valence-corrected chi connectivity index (χ4v) is 6.63. The summed E-state index contributed by atoms with van der Waals surface area (Å²) >= 11 is 12.8. The lowest BCUT2D eigenvalue weighted by Crippen LogP contribution is -2.54. The maximum Gasteiger partial charge on any atom is 0.264 e. The highest BCUT2D eigenvalue weighted by atomic mass is 35.5. The third kappa shape index (κ3) is 8.81. The van der Waals surface area contributed by atoms with Crippen LogP contribution < -0.4 is 14.4 Å². The van der Waals surface area contributed by atoms with Gasteiger partial charge in [0.05, 0.1) is 17.7 Å². The van der Waals surface area contributed by atoms with Gasteiger partial charge in [0, 0.05) is 29.1 Å². The molecule has 4 rings (SSSR count). The van der Waals surface area contributed by atoms with Crippen molar-refractivity contribution in [1.29, 1.82) is 0 Å². The largest absolute Gasteiger partial charge is 0.497 e. The molecule has 0 heterocycles. The molecule has 0 radical (unpaired) electrons. The summed E-state index contributed by atoms with van der Waals surface area (Å²) in [5, 5.41) is 3.73. The molecule has 4 aromatic rings. The number of sulfonamides is 1. The van der Waals surface area contributed by atoms with Gasteiger partial charge in [0.25, 0.3) is 10.0 Å². The van der Waals surface area contributed by atoms with Crippen molar-refractivity contribution in [3.05, 3.63) is 124 Å². The number of halogens is 2. The number of benzene rings is 4. The predicted octanol–water partition coefficient (Wildman–Crippen LogP) is 6.75. The minimum absolute atomic E-state index is 0.0318. The molecule has 2 atom stereocenters. The number of carbonyl (C=O) groups excluding carboxylic acids is 2. The zero-order valence-electron chi connectivity index (χ0n) is 25.9. The van der Waals surface area contributed by atoms with E-state index in [2.05, 4.69) is 5.32 Å². The number of nitrogens with zero attached hydrogens (tertiary/aromatic N) is 2. The molecule has 0 aromatic heterocycles. The standard InChI is InChI=1S/C35H37Cl2N3O5S/c1-4-25(2)38-35(42)33(21-26-11-6-5-7-12-26)39(23-27-13-8-9-16-32(27)37)34(41)24-40(29-15-10-14-28(36)22-29)46(43,44)31-19-17-30(45-3)18-20-31/h5-20,22,25,33H,4,21,23-24H2,1-3H3,(H,38,42)/t25-,33+/m1/s1. The normalized spacial score (nSPS) is 12.5. The second-order valence-corrected chi connectivity index (χ2v) is 13.5. The Morgan fingerprint density at radius 2 is 1.57 bits per heavy atom. The van der Waals surface area contributed by atoms with Crippen LogP contribution in [0.4, 0.5) is 5.69 Å². The number of rotatable bonds is 14. The summed E-state index contributed by atoms with van der Waals surface area (Å²) in [6, 6.07) is 27.4. The third-order valence-electron chi connectivity index (χ3n) is 7.59. The molecule has 46 heavy (non-hydrogen) atoms.